The largest absolute Gasteiger partial charge is 0.384 e. The lowest BCUT2D eigenvalue weighted by Crippen LogP contribution is -2.19. The molecule has 2 aromatic rings. The minimum Gasteiger partial charge on any atom is -0.384 e. The summed E-state index contributed by atoms with van der Waals surface area (Å²) in [5.41, 5.74) is 5.16. The summed E-state index contributed by atoms with van der Waals surface area (Å²) in [5, 5.41) is 6.97. The lowest BCUT2D eigenvalue weighted by Gasteiger charge is -2.18. The summed E-state index contributed by atoms with van der Waals surface area (Å²) in [7, 11) is 0. The highest BCUT2D eigenvalue weighted by atomic mass is 32.1. The molecule has 0 atom stereocenters. The van der Waals surface area contributed by atoms with E-state index in [-0.39, 0.29) is 0 Å². The van der Waals surface area contributed by atoms with E-state index in [0.717, 1.165) is 31.7 Å². The third-order valence-corrected chi connectivity index (χ3v) is 5.16. The zero-order valence-electron chi connectivity index (χ0n) is 13.7. The highest BCUT2D eigenvalue weighted by Crippen LogP contribution is 2.30. The molecule has 120 valence electrons. The van der Waals surface area contributed by atoms with Crippen molar-refractivity contribution in [1.82, 2.24) is 15.6 Å². The van der Waals surface area contributed by atoms with E-state index in [1.165, 1.54) is 26.6 Å². The summed E-state index contributed by atoms with van der Waals surface area (Å²) in [6.45, 7) is 7.04. The number of hydrogen-bond donors (Lipinski definition) is 2. The number of nitrogens with zero attached hydrogens (tertiary/aromatic N) is 1. The zero-order valence-corrected chi connectivity index (χ0v) is 14.5. The molecule has 0 aliphatic carbocycles. The van der Waals surface area contributed by atoms with Gasteiger partial charge in [0, 0.05) is 46.9 Å². The molecule has 2 N–H and O–H groups in total. The summed E-state index contributed by atoms with van der Waals surface area (Å²) >= 11 is 1.87. The van der Waals surface area contributed by atoms with Gasteiger partial charge in [0.05, 0.1) is 5.69 Å². The summed E-state index contributed by atoms with van der Waals surface area (Å²) in [5.74, 6) is 0. The van der Waals surface area contributed by atoms with E-state index < -0.39 is 0 Å². The molecule has 1 aliphatic rings. The van der Waals surface area contributed by atoms with Crippen LogP contribution in [-0.4, -0.2) is 11.5 Å². The third-order valence-electron chi connectivity index (χ3n) is 4.05. The van der Waals surface area contributed by atoms with Crippen molar-refractivity contribution < 1.29 is 0 Å². The number of dihydropyridines is 1. The first kappa shape index (κ1) is 16.0. The predicted molar refractivity (Wildman–Crippen MR) is 98.1 cm³/mol. The maximum absolute atomic E-state index is 4.33. The standard InChI is InChI=1S/C19H23N3S/c1-3-15-10-18(14(2)22-11-15)19-8-7-17(23-19)13-20-12-16-6-4-5-9-21-16/h4-10,20,22H,3,11-13H2,1-2H3. The third kappa shape index (κ3) is 4.09. The van der Waals surface area contributed by atoms with Gasteiger partial charge in [0.2, 0.25) is 0 Å². The average Bonchev–Trinajstić information content (AvgIpc) is 3.05. The van der Waals surface area contributed by atoms with Crippen molar-refractivity contribution in [1.29, 1.82) is 0 Å². The van der Waals surface area contributed by atoms with Crippen LogP contribution in [0.5, 0.6) is 0 Å². The van der Waals surface area contributed by atoms with Crippen molar-refractivity contribution in [3.05, 3.63) is 69.3 Å². The topological polar surface area (TPSA) is 37.0 Å². The molecule has 0 aromatic carbocycles. The van der Waals surface area contributed by atoms with Crippen molar-refractivity contribution in [2.24, 2.45) is 0 Å². The van der Waals surface area contributed by atoms with Gasteiger partial charge in [0.15, 0.2) is 0 Å². The molecular weight excluding hydrogens is 302 g/mol. The summed E-state index contributed by atoms with van der Waals surface area (Å²) in [6, 6.07) is 10.5. The minimum absolute atomic E-state index is 0.803. The molecule has 3 heterocycles. The van der Waals surface area contributed by atoms with Gasteiger partial charge in [-0.25, -0.2) is 0 Å². The summed E-state index contributed by atoms with van der Waals surface area (Å²) in [4.78, 5) is 7.03. The minimum atomic E-state index is 0.803. The first-order chi connectivity index (χ1) is 11.3. The molecule has 3 rings (SSSR count). The normalized spacial score (nSPS) is 14.6. The fourth-order valence-corrected chi connectivity index (χ4v) is 3.67. The Bertz CT molecular complexity index is 713. The smallest absolute Gasteiger partial charge is 0.0541 e. The summed E-state index contributed by atoms with van der Waals surface area (Å²) < 4.78 is 0. The zero-order chi connectivity index (χ0) is 16.1. The first-order valence-corrected chi connectivity index (χ1v) is 8.92. The average molecular weight is 325 g/mol. The van der Waals surface area contributed by atoms with Crippen molar-refractivity contribution in [3.63, 3.8) is 0 Å². The first-order valence-electron chi connectivity index (χ1n) is 8.10. The van der Waals surface area contributed by atoms with Crippen LogP contribution < -0.4 is 10.6 Å². The van der Waals surface area contributed by atoms with Gasteiger partial charge in [-0.15, -0.1) is 11.3 Å². The molecule has 4 heteroatoms. The fourth-order valence-electron chi connectivity index (χ4n) is 2.62. The molecule has 0 bridgehead atoms. The van der Waals surface area contributed by atoms with Gasteiger partial charge < -0.3 is 10.6 Å². The molecule has 0 unspecified atom stereocenters. The van der Waals surface area contributed by atoms with Gasteiger partial charge in [-0.05, 0) is 37.6 Å². The van der Waals surface area contributed by atoms with E-state index in [2.05, 4.69) is 47.7 Å². The molecule has 0 saturated carbocycles. The van der Waals surface area contributed by atoms with Gasteiger partial charge in [-0.3, -0.25) is 4.98 Å². The van der Waals surface area contributed by atoms with Gasteiger partial charge >= 0.3 is 0 Å². The van der Waals surface area contributed by atoms with Crippen LogP contribution in [0.3, 0.4) is 0 Å². The lowest BCUT2D eigenvalue weighted by atomic mass is 10.0. The maximum atomic E-state index is 4.33. The quantitative estimate of drug-likeness (QED) is 0.839. The van der Waals surface area contributed by atoms with Gasteiger partial charge in [-0.2, -0.15) is 0 Å². The van der Waals surface area contributed by atoms with Crippen LogP contribution in [0, 0.1) is 0 Å². The molecule has 0 radical (unpaired) electrons. The Balaban J connectivity index is 1.63. The molecule has 0 amide bonds. The Labute approximate surface area is 142 Å². The van der Waals surface area contributed by atoms with E-state index in [1.54, 1.807) is 0 Å². The molecule has 0 saturated heterocycles. The van der Waals surface area contributed by atoms with Crippen LogP contribution in [-0.2, 0) is 13.1 Å². The lowest BCUT2D eigenvalue weighted by molar-refractivity contribution is 0.686. The van der Waals surface area contributed by atoms with Gasteiger partial charge in [0.1, 0.15) is 0 Å². The molecular formula is C19H23N3S. The number of aromatic nitrogens is 1. The maximum Gasteiger partial charge on any atom is 0.0541 e. The molecule has 23 heavy (non-hydrogen) atoms. The van der Waals surface area contributed by atoms with Crippen LogP contribution in [0.1, 0.15) is 35.7 Å². The number of rotatable bonds is 6. The SMILES string of the molecule is CCC1=CC(c2ccc(CNCc3ccccn3)s2)=C(C)NC1. The van der Waals surface area contributed by atoms with Crippen molar-refractivity contribution in [2.45, 2.75) is 33.4 Å². The molecule has 0 fully saturated rings. The van der Waals surface area contributed by atoms with Crippen LogP contribution in [0.4, 0.5) is 0 Å². The Morgan fingerprint density at radius 3 is 2.91 bits per heavy atom. The number of pyridine rings is 1. The van der Waals surface area contributed by atoms with Crippen LogP contribution >= 0.6 is 11.3 Å². The van der Waals surface area contributed by atoms with Crippen molar-refractivity contribution in [3.8, 4) is 0 Å². The highest BCUT2D eigenvalue weighted by Gasteiger charge is 2.12. The van der Waals surface area contributed by atoms with Crippen molar-refractivity contribution >= 4 is 16.9 Å². The fraction of sp³-hybridized carbons (Fsp3) is 0.316. The van der Waals surface area contributed by atoms with Crippen LogP contribution in [0.15, 0.2) is 53.9 Å². The van der Waals surface area contributed by atoms with E-state index in [4.69, 9.17) is 0 Å². The highest BCUT2D eigenvalue weighted by molar-refractivity contribution is 7.13. The predicted octanol–water partition coefficient (Wildman–Crippen LogP) is 4.10. The van der Waals surface area contributed by atoms with E-state index >= 15 is 0 Å². The molecule has 1 aliphatic heterocycles. The second-order valence-corrected chi connectivity index (χ2v) is 6.91. The van der Waals surface area contributed by atoms with Gasteiger partial charge in [-0.1, -0.05) is 24.6 Å². The van der Waals surface area contributed by atoms with E-state index in [1.807, 2.05) is 35.7 Å². The van der Waals surface area contributed by atoms with E-state index in [0.29, 0.717) is 0 Å². The number of hydrogen-bond acceptors (Lipinski definition) is 4. The van der Waals surface area contributed by atoms with Crippen LogP contribution in [0.2, 0.25) is 0 Å². The second-order valence-electron chi connectivity index (χ2n) is 5.74. The monoisotopic (exact) mass is 325 g/mol. The molecule has 0 spiro atoms. The number of nitrogens with one attached hydrogen (secondary N) is 2. The molecule has 3 nitrogen and oxygen atoms in total. The summed E-state index contributed by atoms with van der Waals surface area (Å²) in [6.07, 6.45) is 5.29. The van der Waals surface area contributed by atoms with Crippen LogP contribution in [0.25, 0.3) is 5.57 Å². The Morgan fingerprint density at radius 1 is 1.22 bits per heavy atom. The number of thiophene rings is 1. The molecule has 2 aromatic heterocycles. The van der Waals surface area contributed by atoms with E-state index in [9.17, 15) is 0 Å². The Kier molecular flexibility index (Phi) is 5.26. The Morgan fingerprint density at radius 2 is 2.13 bits per heavy atom. The second kappa shape index (κ2) is 7.57. The number of allylic oxidation sites excluding steroid dienone is 3. The van der Waals surface area contributed by atoms with Crippen molar-refractivity contribution in [2.75, 3.05) is 6.54 Å². The Hall–Kier alpha value is -1.91. The van der Waals surface area contributed by atoms with Gasteiger partial charge in [0.25, 0.3) is 0 Å².